The highest BCUT2D eigenvalue weighted by Crippen LogP contribution is 2.63. The van der Waals surface area contributed by atoms with Crippen LogP contribution in [0, 0.1) is 5.41 Å². The molecule has 1 saturated carbocycles. The van der Waals surface area contributed by atoms with Crippen LogP contribution in [0.2, 0.25) is 0 Å². The summed E-state index contributed by atoms with van der Waals surface area (Å²) in [5.74, 6) is 0.575. The highest BCUT2D eigenvalue weighted by atomic mass is 35.5. The van der Waals surface area contributed by atoms with Crippen LogP contribution in [-0.2, 0) is 11.3 Å². The number of alkyl halides is 2. The van der Waals surface area contributed by atoms with Gasteiger partial charge in [-0.15, -0.1) is 23.2 Å². The lowest BCUT2D eigenvalue weighted by molar-refractivity contribution is -0.126. The average molecular weight is 298 g/mol. The molecule has 0 bridgehead atoms. The van der Waals surface area contributed by atoms with Crippen molar-refractivity contribution in [1.29, 1.82) is 0 Å². The molecule has 19 heavy (non-hydrogen) atoms. The molecule has 1 heterocycles. The Labute approximate surface area is 120 Å². The summed E-state index contributed by atoms with van der Waals surface area (Å²) in [5, 5.41) is 2.82. The highest BCUT2D eigenvalue weighted by Gasteiger charge is 2.67. The van der Waals surface area contributed by atoms with Crippen LogP contribution in [0.4, 0.5) is 0 Å². The molecule has 1 unspecified atom stereocenters. The second-order valence-electron chi connectivity index (χ2n) is 5.10. The molecule has 1 fully saturated rings. The number of rotatable bonds is 3. The van der Waals surface area contributed by atoms with E-state index in [-0.39, 0.29) is 5.91 Å². The lowest BCUT2D eigenvalue weighted by Gasteiger charge is -2.11. The van der Waals surface area contributed by atoms with Gasteiger partial charge in [0.2, 0.25) is 5.91 Å². The number of fused-ring (bicyclic) bond motifs is 1. The van der Waals surface area contributed by atoms with Gasteiger partial charge in [0.05, 0.1) is 23.0 Å². The summed E-state index contributed by atoms with van der Waals surface area (Å²) in [7, 11) is 0. The predicted octanol–water partition coefficient (Wildman–Crippen LogP) is 2.76. The molecule has 1 aromatic heterocycles. The van der Waals surface area contributed by atoms with Crippen LogP contribution in [-0.4, -0.2) is 20.2 Å². The first-order valence-corrected chi connectivity index (χ1v) is 6.78. The maximum absolute atomic E-state index is 12.0. The Morgan fingerprint density at radius 1 is 1.47 bits per heavy atom. The molecule has 2 N–H and O–H groups in total. The Hall–Kier alpha value is -1.26. The summed E-state index contributed by atoms with van der Waals surface area (Å²) in [6, 6.07) is 7.72. The van der Waals surface area contributed by atoms with Gasteiger partial charge in [-0.3, -0.25) is 4.79 Å². The van der Waals surface area contributed by atoms with Crippen LogP contribution in [0.15, 0.2) is 24.3 Å². The van der Waals surface area contributed by atoms with Gasteiger partial charge in [-0.2, -0.15) is 0 Å². The number of para-hydroxylation sites is 2. The number of nitrogens with one attached hydrogen (secondary N) is 2. The van der Waals surface area contributed by atoms with Crippen LogP contribution in [0.1, 0.15) is 19.2 Å². The van der Waals surface area contributed by atoms with Crippen molar-refractivity contribution >= 4 is 40.1 Å². The smallest absolute Gasteiger partial charge is 0.229 e. The van der Waals surface area contributed by atoms with E-state index in [1.54, 1.807) is 6.92 Å². The standard InChI is InChI=1S/C13H13Cl2N3O/c1-12(7-13(12,14)15)11(19)16-6-10-17-8-4-2-3-5-9(8)18-10/h2-5H,6-7H2,1H3,(H,16,19)(H,17,18). The Kier molecular flexibility index (Phi) is 2.76. The molecule has 3 rings (SSSR count). The number of nitrogens with zero attached hydrogens (tertiary/aromatic N) is 1. The summed E-state index contributed by atoms with van der Waals surface area (Å²) in [5.41, 5.74) is 1.14. The van der Waals surface area contributed by atoms with E-state index in [0.717, 1.165) is 11.0 Å². The number of benzene rings is 1. The van der Waals surface area contributed by atoms with Gasteiger partial charge in [0.1, 0.15) is 10.2 Å². The summed E-state index contributed by atoms with van der Waals surface area (Å²) < 4.78 is -0.940. The van der Waals surface area contributed by atoms with E-state index in [1.165, 1.54) is 0 Å². The largest absolute Gasteiger partial charge is 0.348 e. The molecule has 4 nitrogen and oxygen atoms in total. The number of hydrogen-bond donors (Lipinski definition) is 2. The third-order valence-electron chi connectivity index (χ3n) is 3.61. The van der Waals surface area contributed by atoms with E-state index in [0.29, 0.717) is 18.8 Å². The number of amides is 1. The van der Waals surface area contributed by atoms with E-state index in [2.05, 4.69) is 15.3 Å². The SMILES string of the molecule is CC1(C(=O)NCc2nc3ccccc3[nH]2)CC1(Cl)Cl. The summed E-state index contributed by atoms with van der Waals surface area (Å²) in [4.78, 5) is 19.5. The minimum absolute atomic E-state index is 0.141. The monoisotopic (exact) mass is 297 g/mol. The summed E-state index contributed by atoms with van der Waals surface area (Å²) in [6.45, 7) is 2.11. The maximum atomic E-state index is 12.0. The molecular weight excluding hydrogens is 285 g/mol. The summed E-state index contributed by atoms with van der Waals surface area (Å²) in [6.07, 6.45) is 0.481. The van der Waals surface area contributed by atoms with Crippen LogP contribution in [0.3, 0.4) is 0 Å². The van der Waals surface area contributed by atoms with Crippen molar-refractivity contribution in [2.75, 3.05) is 0 Å². The molecule has 0 radical (unpaired) electrons. The quantitative estimate of drug-likeness (QED) is 0.856. The van der Waals surface area contributed by atoms with Crippen molar-refractivity contribution in [3.63, 3.8) is 0 Å². The van der Waals surface area contributed by atoms with Crippen LogP contribution < -0.4 is 5.32 Å². The Balaban J connectivity index is 1.68. The number of carbonyl (C=O) groups excluding carboxylic acids is 1. The van der Waals surface area contributed by atoms with Gasteiger partial charge in [0.15, 0.2) is 0 Å². The molecular formula is C13H13Cl2N3O. The molecule has 2 aromatic rings. The van der Waals surface area contributed by atoms with E-state index >= 15 is 0 Å². The first kappa shape index (κ1) is 12.8. The number of H-pyrrole nitrogens is 1. The lowest BCUT2D eigenvalue weighted by Crippen LogP contribution is -2.33. The van der Waals surface area contributed by atoms with E-state index < -0.39 is 9.75 Å². The fourth-order valence-electron chi connectivity index (χ4n) is 2.09. The van der Waals surface area contributed by atoms with Gasteiger partial charge in [0.25, 0.3) is 0 Å². The van der Waals surface area contributed by atoms with E-state index in [9.17, 15) is 4.79 Å². The third kappa shape index (κ3) is 2.09. The fraction of sp³-hybridized carbons (Fsp3) is 0.385. The first-order valence-electron chi connectivity index (χ1n) is 6.02. The molecule has 1 aliphatic rings. The van der Waals surface area contributed by atoms with E-state index in [1.807, 2.05) is 24.3 Å². The van der Waals surface area contributed by atoms with Gasteiger partial charge in [-0.1, -0.05) is 12.1 Å². The molecule has 0 saturated heterocycles. The predicted molar refractivity (Wildman–Crippen MR) is 75.1 cm³/mol. The second-order valence-corrected chi connectivity index (χ2v) is 6.58. The van der Waals surface area contributed by atoms with Crippen LogP contribution in [0.25, 0.3) is 11.0 Å². The minimum Gasteiger partial charge on any atom is -0.348 e. The second kappa shape index (κ2) is 4.12. The zero-order valence-electron chi connectivity index (χ0n) is 10.3. The number of imidazole rings is 1. The van der Waals surface area contributed by atoms with Crippen molar-refractivity contribution in [3.05, 3.63) is 30.1 Å². The highest BCUT2D eigenvalue weighted by molar-refractivity contribution is 6.53. The Morgan fingerprint density at radius 3 is 2.79 bits per heavy atom. The van der Waals surface area contributed by atoms with Gasteiger partial charge < -0.3 is 10.3 Å². The number of carbonyl (C=O) groups is 1. The average Bonchev–Trinajstić information content (AvgIpc) is 2.75. The number of halogens is 2. The topological polar surface area (TPSA) is 57.8 Å². The zero-order chi connectivity index (χ0) is 13.7. The molecule has 0 spiro atoms. The Bertz CT molecular complexity index is 619. The minimum atomic E-state index is -0.940. The van der Waals surface area contributed by atoms with Gasteiger partial charge in [0, 0.05) is 0 Å². The maximum Gasteiger partial charge on any atom is 0.229 e. The molecule has 0 aliphatic heterocycles. The molecule has 1 aliphatic carbocycles. The molecule has 1 amide bonds. The van der Waals surface area contributed by atoms with E-state index in [4.69, 9.17) is 23.2 Å². The van der Waals surface area contributed by atoms with Crippen molar-refractivity contribution in [2.45, 2.75) is 24.2 Å². The number of aromatic amines is 1. The van der Waals surface area contributed by atoms with Crippen molar-refractivity contribution < 1.29 is 4.79 Å². The van der Waals surface area contributed by atoms with Crippen molar-refractivity contribution in [2.24, 2.45) is 5.41 Å². The zero-order valence-corrected chi connectivity index (χ0v) is 11.8. The molecule has 1 aromatic carbocycles. The van der Waals surface area contributed by atoms with Gasteiger partial charge in [-0.25, -0.2) is 4.98 Å². The van der Waals surface area contributed by atoms with Crippen LogP contribution >= 0.6 is 23.2 Å². The number of aromatic nitrogens is 2. The molecule has 100 valence electrons. The lowest BCUT2D eigenvalue weighted by atomic mass is 10.1. The number of hydrogen-bond acceptors (Lipinski definition) is 2. The molecule has 6 heteroatoms. The van der Waals surface area contributed by atoms with Crippen LogP contribution in [0.5, 0.6) is 0 Å². The summed E-state index contributed by atoms with van der Waals surface area (Å²) >= 11 is 11.9. The first-order chi connectivity index (χ1) is 8.92. The third-order valence-corrected chi connectivity index (χ3v) is 4.72. The van der Waals surface area contributed by atoms with Gasteiger partial charge in [-0.05, 0) is 25.5 Å². The van der Waals surface area contributed by atoms with Gasteiger partial charge >= 0.3 is 0 Å². The fourth-order valence-corrected chi connectivity index (χ4v) is 2.80. The normalized spacial score (nSPS) is 24.4. The van der Waals surface area contributed by atoms with Crippen molar-refractivity contribution in [1.82, 2.24) is 15.3 Å². The molecule has 1 atom stereocenters. The van der Waals surface area contributed by atoms with Crippen molar-refractivity contribution in [3.8, 4) is 0 Å². The Morgan fingerprint density at radius 2 is 2.16 bits per heavy atom.